The summed E-state index contributed by atoms with van der Waals surface area (Å²) in [5.41, 5.74) is 5.06. The Labute approximate surface area is 202 Å². The summed E-state index contributed by atoms with van der Waals surface area (Å²) in [6.07, 6.45) is 4.14. The maximum Gasteiger partial charge on any atom is 0.251 e. The number of pyridine rings is 2. The van der Waals surface area contributed by atoms with Gasteiger partial charge in [0, 0.05) is 36.3 Å². The lowest BCUT2D eigenvalue weighted by molar-refractivity contribution is 0.0743. The molecule has 0 unspecified atom stereocenters. The number of piperidine rings is 1. The third-order valence-corrected chi connectivity index (χ3v) is 7.04. The first-order valence-corrected chi connectivity index (χ1v) is 12.0. The van der Waals surface area contributed by atoms with E-state index in [9.17, 15) is 8.78 Å². The molecule has 1 aliphatic rings. The van der Waals surface area contributed by atoms with Crippen LogP contribution in [0.3, 0.4) is 0 Å². The molecule has 1 fully saturated rings. The van der Waals surface area contributed by atoms with Gasteiger partial charge in [0.2, 0.25) is 0 Å². The lowest BCUT2D eigenvalue weighted by Crippen LogP contribution is -2.45. The molecular weight excluding hydrogens is 455 g/mol. The average molecular weight is 486 g/mol. The second-order valence-corrected chi connectivity index (χ2v) is 9.74. The number of anilines is 1. The number of fused-ring (bicyclic) bond motifs is 2. The van der Waals surface area contributed by atoms with Gasteiger partial charge in [-0.25, -0.2) is 27.7 Å². The second kappa shape index (κ2) is 9.14. The monoisotopic (exact) mass is 485 g/mol. The smallest absolute Gasteiger partial charge is 0.251 e. The largest absolute Gasteiger partial charge is 0.354 e. The fraction of sp³-hybridized carbons (Fsp3) is 0.480. The highest BCUT2D eigenvalue weighted by atomic mass is 19.3. The molecule has 10 heteroatoms. The number of aromatic amines is 1. The molecule has 4 aromatic heterocycles. The molecule has 5 rings (SSSR count). The van der Waals surface area contributed by atoms with Gasteiger partial charge in [0.1, 0.15) is 6.33 Å². The maximum atomic E-state index is 16.1. The predicted molar refractivity (Wildman–Crippen MR) is 131 cm³/mol. The minimum atomic E-state index is -2.36. The fourth-order valence-corrected chi connectivity index (χ4v) is 5.30. The van der Waals surface area contributed by atoms with Crippen LogP contribution in [-0.4, -0.2) is 68.6 Å². The normalized spacial score (nSPS) is 15.5. The average Bonchev–Trinajstić information content (AvgIpc) is 3.44. The number of nitrogens with zero attached hydrogens (tertiary/aromatic N) is 6. The highest BCUT2D eigenvalue weighted by molar-refractivity contribution is 5.93. The topological polar surface area (TPSA) is 65.4 Å². The minimum Gasteiger partial charge on any atom is -0.354 e. The Morgan fingerprint density at radius 3 is 2.63 bits per heavy atom. The summed E-state index contributed by atoms with van der Waals surface area (Å²) in [4.78, 5) is 15.8. The zero-order valence-electron chi connectivity index (χ0n) is 20.4. The van der Waals surface area contributed by atoms with Crippen LogP contribution in [-0.2, 0) is 0 Å². The van der Waals surface area contributed by atoms with Crippen molar-refractivity contribution in [2.75, 3.05) is 31.6 Å². The Bertz CT molecular complexity index is 1350. The molecule has 0 aromatic carbocycles. The SMILES string of the molecule is Cc1cc(-c2[nH]c3cnc(N4CCC(N(C)CC(F)F)CC4)c(F)c3c2C(C)C)cn2ncnc12. The third-order valence-electron chi connectivity index (χ3n) is 7.04. The van der Waals surface area contributed by atoms with Crippen molar-refractivity contribution in [2.24, 2.45) is 0 Å². The molecule has 0 aliphatic carbocycles. The van der Waals surface area contributed by atoms with E-state index in [1.165, 1.54) is 6.33 Å². The van der Waals surface area contributed by atoms with Crippen LogP contribution < -0.4 is 4.90 Å². The van der Waals surface area contributed by atoms with E-state index in [-0.39, 0.29) is 24.3 Å². The van der Waals surface area contributed by atoms with Gasteiger partial charge in [-0.2, -0.15) is 5.10 Å². The quantitative estimate of drug-likeness (QED) is 0.416. The third kappa shape index (κ3) is 4.24. The Hall–Kier alpha value is -3.14. The van der Waals surface area contributed by atoms with E-state index < -0.39 is 6.43 Å². The van der Waals surface area contributed by atoms with Gasteiger partial charge in [-0.3, -0.25) is 4.90 Å². The van der Waals surface area contributed by atoms with E-state index >= 15 is 4.39 Å². The predicted octanol–water partition coefficient (Wildman–Crippen LogP) is 5.01. The summed E-state index contributed by atoms with van der Waals surface area (Å²) in [6, 6.07) is 2.10. The molecule has 35 heavy (non-hydrogen) atoms. The standard InChI is InChI=1S/C25H30F3N7/c1-14(2)20-21-18(32-23(20)16-9-15(3)24-30-13-31-35(24)11-16)10-29-25(22(21)28)34-7-5-17(6-8-34)33(4)12-19(26)27/h9-11,13-14,17,19,32H,5-8,12H2,1-4H3. The van der Waals surface area contributed by atoms with Gasteiger partial charge in [0.05, 0.1) is 24.0 Å². The molecular formula is C25H30F3N7. The Kier molecular flexibility index (Phi) is 6.16. The number of hydrogen-bond donors (Lipinski definition) is 1. The number of aryl methyl sites for hydroxylation is 1. The molecule has 0 spiro atoms. The summed E-state index contributed by atoms with van der Waals surface area (Å²) in [6.45, 7) is 6.99. The molecule has 5 heterocycles. The van der Waals surface area contributed by atoms with E-state index in [1.54, 1.807) is 22.7 Å². The molecule has 1 N–H and O–H groups in total. The molecule has 4 aromatic rings. The summed E-state index contributed by atoms with van der Waals surface area (Å²) in [5, 5.41) is 4.82. The van der Waals surface area contributed by atoms with Crippen LogP contribution in [0.5, 0.6) is 0 Å². The van der Waals surface area contributed by atoms with Crippen molar-refractivity contribution < 1.29 is 13.2 Å². The first-order chi connectivity index (χ1) is 16.7. The summed E-state index contributed by atoms with van der Waals surface area (Å²) in [7, 11) is 1.73. The molecule has 7 nitrogen and oxygen atoms in total. The van der Waals surface area contributed by atoms with Crippen molar-refractivity contribution in [3.63, 3.8) is 0 Å². The minimum absolute atomic E-state index is 0.0592. The van der Waals surface area contributed by atoms with Crippen molar-refractivity contribution in [3.05, 3.63) is 41.7 Å². The van der Waals surface area contributed by atoms with Crippen LogP contribution in [0.2, 0.25) is 0 Å². The molecule has 186 valence electrons. The van der Waals surface area contributed by atoms with Crippen molar-refractivity contribution >= 4 is 22.4 Å². The van der Waals surface area contributed by atoms with Crippen molar-refractivity contribution in [1.29, 1.82) is 0 Å². The first-order valence-electron chi connectivity index (χ1n) is 12.0. The van der Waals surface area contributed by atoms with Crippen LogP contribution in [0.15, 0.2) is 24.8 Å². The lowest BCUT2D eigenvalue weighted by atomic mass is 9.96. The van der Waals surface area contributed by atoms with Gasteiger partial charge in [0.25, 0.3) is 6.43 Å². The van der Waals surface area contributed by atoms with Crippen LogP contribution in [0.4, 0.5) is 19.0 Å². The Morgan fingerprint density at radius 2 is 1.94 bits per heavy atom. The van der Waals surface area contributed by atoms with E-state index in [0.717, 1.165) is 28.0 Å². The van der Waals surface area contributed by atoms with Crippen LogP contribution in [0.25, 0.3) is 27.8 Å². The molecule has 0 atom stereocenters. The van der Waals surface area contributed by atoms with Gasteiger partial charge in [-0.15, -0.1) is 0 Å². The summed E-state index contributed by atoms with van der Waals surface area (Å²) < 4.78 is 43.3. The van der Waals surface area contributed by atoms with Crippen LogP contribution in [0.1, 0.15) is 43.7 Å². The molecule has 1 aliphatic heterocycles. The number of rotatable bonds is 6. The van der Waals surface area contributed by atoms with Gasteiger partial charge >= 0.3 is 0 Å². The lowest BCUT2D eigenvalue weighted by Gasteiger charge is -2.37. The van der Waals surface area contributed by atoms with Gasteiger partial charge in [-0.05, 0) is 49.9 Å². The van der Waals surface area contributed by atoms with E-state index in [2.05, 4.69) is 33.9 Å². The van der Waals surface area contributed by atoms with Gasteiger partial charge in [0.15, 0.2) is 17.3 Å². The first kappa shape index (κ1) is 23.6. The molecule has 0 amide bonds. The van der Waals surface area contributed by atoms with E-state index in [4.69, 9.17) is 0 Å². The van der Waals surface area contributed by atoms with Crippen LogP contribution in [0, 0.1) is 12.7 Å². The molecule has 0 radical (unpaired) electrons. The van der Waals surface area contributed by atoms with E-state index in [1.807, 2.05) is 24.1 Å². The number of halogens is 3. The van der Waals surface area contributed by atoms with E-state index in [0.29, 0.717) is 42.7 Å². The van der Waals surface area contributed by atoms with Crippen molar-refractivity contribution in [3.8, 4) is 11.3 Å². The molecule has 1 saturated heterocycles. The molecule has 0 saturated carbocycles. The van der Waals surface area contributed by atoms with Gasteiger partial charge < -0.3 is 9.88 Å². The second-order valence-electron chi connectivity index (χ2n) is 9.74. The maximum absolute atomic E-state index is 16.1. The van der Waals surface area contributed by atoms with Gasteiger partial charge in [-0.1, -0.05) is 13.8 Å². The Balaban J connectivity index is 1.51. The fourth-order valence-electron chi connectivity index (χ4n) is 5.30. The number of nitrogens with one attached hydrogen (secondary N) is 1. The number of hydrogen-bond acceptors (Lipinski definition) is 5. The summed E-state index contributed by atoms with van der Waals surface area (Å²) in [5.74, 6) is 0.0402. The number of alkyl halides is 2. The highest BCUT2D eigenvalue weighted by Crippen LogP contribution is 2.39. The number of H-pyrrole nitrogens is 1. The van der Waals surface area contributed by atoms with Crippen molar-refractivity contribution in [2.45, 2.75) is 52.0 Å². The van der Waals surface area contributed by atoms with Crippen molar-refractivity contribution in [1.82, 2.24) is 29.5 Å². The zero-order chi connectivity index (χ0) is 24.9. The highest BCUT2D eigenvalue weighted by Gasteiger charge is 2.28. The summed E-state index contributed by atoms with van der Waals surface area (Å²) >= 11 is 0. The molecule has 0 bridgehead atoms. The zero-order valence-corrected chi connectivity index (χ0v) is 20.4. The van der Waals surface area contributed by atoms with Crippen LogP contribution >= 0.6 is 0 Å². The Morgan fingerprint density at radius 1 is 1.20 bits per heavy atom. The number of aromatic nitrogens is 5.